The molecule has 0 atom stereocenters. The van der Waals surface area contributed by atoms with Gasteiger partial charge in [-0.2, -0.15) is 5.10 Å². The van der Waals surface area contributed by atoms with Gasteiger partial charge in [0.25, 0.3) is 0 Å². The van der Waals surface area contributed by atoms with Crippen LogP contribution in [0.15, 0.2) is 66.9 Å². The topological polar surface area (TPSA) is 56.1 Å². The van der Waals surface area contributed by atoms with Crippen LogP contribution in [0.4, 0.5) is 5.82 Å². The molecule has 0 fully saturated rings. The molecule has 128 valence electrons. The summed E-state index contributed by atoms with van der Waals surface area (Å²) >= 11 is 5.90. The van der Waals surface area contributed by atoms with Gasteiger partial charge in [-0.15, -0.1) is 0 Å². The van der Waals surface area contributed by atoms with Crippen LogP contribution in [0.25, 0.3) is 0 Å². The molecule has 0 saturated carbocycles. The minimum atomic E-state index is -0.117. The number of halogens is 1. The number of nitrogens with one attached hydrogen (secondary N) is 1. The number of ether oxygens (including phenoxy) is 1. The smallest absolute Gasteiger partial charge is 0.228 e. The van der Waals surface area contributed by atoms with Crippen molar-refractivity contribution in [2.24, 2.45) is 0 Å². The zero-order valence-electron chi connectivity index (χ0n) is 13.6. The molecule has 0 aliphatic heterocycles. The summed E-state index contributed by atoms with van der Waals surface area (Å²) in [6.45, 7) is 0.876. The van der Waals surface area contributed by atoms with E-state index in [-0.39, 0.29) is 12.3 Å². The number of rotatable bonds is 7. The molecule has 5 nitrogen and oxygen atoms in total. The Labute approximate surface area is 151 Å². The van der Waals surface area contributed by atoms with Crippen molar-refractivity contribution in [2.75, 3.05) is 11.9 Å². The van der Waals surface area contributed by atoms with Crippen molar-refractivity contribution in [3.05, 3.63) is 77.4 Å². The van der Waals surface area contributed by atoms with E-state index < -0.39 is 0 Å². The van der Waals surface area contributed by atoms with Gasteiger partial charge in [-0.25, -0.2) is 4.68 Å². The molecular formula is C19H18ClN3O2. The number of nitrogens with zero attached hydrogens (tertiary/aromatic N) is 2. The number of hydrogen-bond donors (Lipinski definition) is 1. The van der Waals surface area contributed by atoms with Crippen LogP contribution in [0.5, 0.6) is 5.75 Å². The molecule has 0 unspecified atom stereocenters. The van der Waals surface area contributed by atoms with Crippen molar-refractivity contribution < 1.29 is 9.53 Å². The van der Waals surface area contributed by atoms with Gasteiger partial charge >= 0.3 is 0 Å². The second-order valence-corrected chi connectivity index (χ2v) is 5.90. The van der Waals surface area contributed by atoms with Crippen molar-refractivity contribution in [2.45, 2.75) is 13.0 Å². The quantitative estimate of drug-likeness (QED) is 0.697. The van der Waals surface area contributed by atoms with Crippen molar-refractivity contribution in [3.63, 3.8) is 0 Å². The molecule has 0 spiro atoms. The van der Waals surface area contributed by atoms with E-state index in [2.05, 4.69) is 10.4 Å². The number of carbonyl (C=O) groups excluding carboxylic acids is 1. The SMILES string of the molecule is O=C(CCOc1ccccc1)Nc1ccnn1Cc1ccc(Cl)cc1. The van der Waals surface area contributed by atoms with Crippen LogP contribution in [-0.2, 0) is 11.3 Å². The van der Waals surface area contributed by atoms with Crippen molar-refractivity contribution in [1.82, 2.24) is 9.78 Å². The summed E-state index contributed by atoms with van der Waals surface area (Å²) in [4.78, 5) is 12.1. The Morgan fingerprint density at radius 3 is 2.60 bits per heavy atom. The van der Waals surface area contributed by atoms with E-state index in [1.807, 2.05) is 54.6 Å². The van der Waals surface area contributed by atoms with Crippen molar-refractivity contribution in [3.8, 4) is 5.75 Å². The van der Waals surface area contributed by atoms with E-state index >= 15 is 0 Å². The zero-order chi connectivity index (χ0) is 17.5. The summed E-state index contributed by atoms with van der Waals surface area (Å²) in [6.07, 6.45) is 1.92. The summed E-state index contributed by atoms with van der Waals surface area (Å²) in [7, 11) is 0. The monoisotopic (exact) mass is 355 g/mol. The van der Waals surface area contributed by atoms with Gasteiger partial charge in [0.15, 0.2) is 0 Å². The molecule has 0 radical (unpaired) electrons. The third-order valence-corrected chi connectivity index (χ3v) is 3.82. The Morgan fingerprint density at radius 1 is 1.08 bits per heavy atom. The Morgan fingerprint density at radius 2 is 1.84 bits per heavy atom. The lowest BCUT2D eigenvalue weighted by Gasteiger charge is -2.10. The third-order valence-electron chi connectivity index (χ3n) is 3.57. The van der Waals surface area contributed by atoms with E-state index in [4.69, 9.17) is 16.3 Å². The minimum Gasteiger partial charge on any atom is -0.493 e. The van der Waals surface area contributed by atoms with E-state index in [1.54, 1.807) is 16.9 Å². The van der Waals surface area contributed by atoms with E-state index in [0.29, 0.717) is 24.0 Å². The number of aromatic nitrogens is 2. The van der Waals surface area contributed by atoms with E-state index in [1.165, 1.54) is 0 Å². The first-order valence-corrected chi connectivity index (χ1v) is 8.32. The molecular weight excluding hydrogens is 338 g/mol. The molecule has 0 bridgehead atoms. The second kappa shape index (κ2) is 8.35. The summed E-state index contributed by atoms with van der Waals surface area (Å²) in [5.41, 5.74) is 1.05. The average Bonchev–Trinajstić information content (AvgIpc) is 3.04. The number of benzene rings is 2. The summed E-state index contributed by atoms with van der Waals surface area (Å²) in [5, 5.41) is 7.81. The molecule has 0 aliphatic rings. The van der Waals surface area contributed by atoms with Crippen LogP contribution in [0.3, 0.4) is 0 Å². The maximum atomic E-state index is 12.1. The lowest BCUT2D eigenvalue weighted by atomic mass is 10.2. The first-order chi connectivity index (χ1) is 12.2. The highest BCUT2D eigenvalue weighted by molar-refractivity contribution is 6.30. The summed E-state index contributed by atoms with van der Waals surface area (Å²) < 4.78 is 7.27. The lowest BCUT2D eigenvalue weighted by Crippen LogP contribution is -2.18. The number of anilines is 1. The molecule has 1 aromatic heterocycles. The highest BCUT2D eigenvalue weighted by atomic mass is 35.5. The Kier molecular flexibility index (Phi) is 5.69. The first kappa shape index (κ1) is 17.0. The number of para-hydroxylation sites is 1. The van der Waals surface area contributed by atoms with Crippen molar-refractivity contribution >= 4 is 23.3 Å². The van der Waals surface area contributed by atoms with Gasteiger partial charge in [0.05, 0.1) is 25.8 Å². The molecule has 1 N–H and O–H groups in total. The largest absolute Gasteiger partial charge is 0.493 e. The highest BCUT2D eigenvalue weighted by Gasteiger charge is 2.08. The van der Waals surface area contributed by atoms with Gasteiger partial charge in [0.2, 0.25) is 5.91 Å². The van der Waals surface area contributed by atoms with Crippen LogP contribution in [0, 0.1) is 0 Å². The Bertz CT molecular complexity index is 816. The maximum Gasteiger partial charge on any atom is 0.228 e. The van der Waals surface area contributed by atoms with Crippen molar-refractivity contribution in [1.29, 1.82) is 0 Å². The van der Waals surface area contributed by atoms with Gasteiger partial charge in [-0.05, 0) is 29.8 Å². The molecule has 1 amide bonds. The lowest BCUT2D eigenvalue weighted by molar-refractivity contribution is -0.116. The predicted octanol–water partition coefficient (Wildman–Crippen LogP) is 3.99. The average molecular weight is 356 g/mol. The Hall–Kier alpha value is -2.79. The molecule has 0 saturated heterocycles. The summed E-state index contributed by atoms with van der Waals surface area (Å²) in [6, 6.07) is 18.7. The van der Waals surface area contributed by atoms with Gasteiger partial charge in [0, 0.05) is 11.1 Å². The number of amides is 1. The molecule has 2 aromatic carbocycles. The van der Waals surface area contributed by atoms with Crippen LogP contribution in [0.1, 0.15) is 12.0 Å². The fraction of sp³-hybridized carbons (Fsp3) is 0.158. The van der Waals surface area contributed by atoms with Gasteiger partial charge in [-0.1, -0.05) is 41.9 Å². The zero-order valence-corrected chi connectivity index (χ0v) is 14.3. The molecule has 25 heavy (non-hydrogen) atoms. The highest BCUT2D eigenvalue weighted by Crippen LogP contribution is 2.14. The maximum absolute atomic E-state index is 12.1. The standard InChI is InChI=1S/C19H18ClN3O2/c20-16-8-6-15(7-9-16)14-23-18(10-12-21-23)22-19(24)11-13-25-17-4-2-1-3-5-17/h1-10,12H,11,13-14H2,(H,22,24). The summed E-state index contributed by atoms with van der Waals surface area (Å²) in [5.74, 6) is 1.29. The van der Waals surface area contributed by atoms with Crippen LogP contribution in [0.2, 0.25) is 5.02 Å². The third kappa shape index (κ3) is 5.09. The predicted molar refractivity (Wildman–Crippen MR) is 98.0 cm³/mol. The number of hydrogen-bond acceptors (Lipinski definition) is 3. The Balaban J connectivity index is 1.52. The second-order valence-electron chi connectivity index (χ2n) is 5.46. The fourth-order valence-electron chi connectivity index (χ4n) is 2.31. The first-order valence-electron chi connectivity index (χ1n) is 7.95. The van der Waals surface area contributed by atoms with Gasteiger partial charge in [-0.3, -0.25) is 4.79 Å². The van der Waals surface area contributed by atoms with Crippen LogP contribution >= 0.6 is 11.6 Å². The van der Waals surface area contributed by atoms with Crippen LogP contribution < -0.4 is 10.1 Å². The van der Waals surface area contributed by atoms with Gasteiger partial charge in [0.1, 0.15) is 11.6 Å². The molecule has 0 aliphatic carbocycles. The molecule has 3 aromatic rings. The fourth-order valence-corrected chi connectivity index (χ4v) is 2.44. The van der Waals surface area contributed by atoms with Gasteiger partial charge < -0.3 is 10.1 Å². The normalized spacial score (nSPS) is 10.4. The minimum absolute atomic E-state index is 0.117. The molecule has 6 heteroatoms. The van der Waals surface area contributed by atoms with E-state index in [0.717, 1.165) is 11.3 Å². The van der Waals surface area contributed by atoms with Crippen LogP contribution in [-0.4, -0.2) is 22.3 Å². The molecule has 1 heterocycles. The molecule has 3 rings (SSSR count). The number of carbonyl (C=O) groups is 1. The van der Waals surface area contributed by atoms with E-state index in [9.17, 15) is 4.79 Å².